The minimum absolute atomic E-state index is 0.250. The van der Waals surface area contributed by atoms with Gasteiger partial charge in [0.05, 0.1) is 12.4 Å². The molecule has 1 heterocycles. The van der Waals surface area contributed by atoms with E-state index in [1.807, 2.05) is 6.07 Å². The zero-order chi connectivity index (χ0) is 13.4. The average Bonchev–Trinajstić information content (AvgIpc) is 2.58. The van der Waals surface area contributed by atoms with E-state index >= 15 is 0 Å². The third-order valence-corrected chi connectivity index (χ3v) is 6.50. The Balaban J connectivity index is 1.97. The molecule has 0 bridgehead atoms. The third kappa shape index (κ3) is 2.32. The lowest BCUT2D eigenvalue weighted by Crippen LogP contribution is -2.37. The molecular formula is C15H21NO2S. The summed E-state index contributed by atoms with van der Waals surface area (Å²) in [6.07, 6.45) is 3.02. The summed E-state index contributed by atoms with van der Waals surface area (Å²) < 4.78 is 17.9. The quantitative estimate of drug-likeness (QED) is 0.856. The molecule has 0 amide bonds. The van der Waals surface area contributed by atoms with E-state index in [0.29, 0.717) is 5.25 Å². The van der Waals surface area contributed by atoms with Gasteiger partial charge in [0, 0.05) is 22.1 Å². The van der Waals surface area contributed by atoms with Crippen molar-refractivity contribution in [3.63, 3.8) is 0 Å². The SMILES string of the molecule is COc1ccc2c(c1)CCC1C2NCCC(C)S1=O. The molecule has 104 valence electrons. The van der Waals surface area contributed by atoms with Crippen LogP contribution in [0.4, 0.5) is 0 Å². The van der Waals surface area contributed by atoms with E-state index in [9.17, 15) is 4.21 Å². The summed E-state index contributed by atoms with van der Waals surface area (Å²) in [5, 5.41) is 4.17. The molecule has 1 fully saturated rings. The van der Waals surface area contributed by atoms with Crippen LogP contribution >= 0.6 is 0 Å². The number of benzene rings is 1. The van der Waals surface area contributed by atoms with Crippen LogP contribution < -0.4 is 10.1 Å². The van der Waals surface area contributed by atoms with Crippen LogP contribution in [0.5, 0.6) is 5.75 Å². The Morgan fingerprint density at radius 3 is 3.00 bits per heavy atom. The van der Waals surface area contributed by atoms with Crippen molar-refractivity contribution < 1.29 is 8.95 Å². The Bertz CT molecular complexity index is 503. The van der Waals surface area contributed by atoms with Crippen LogP contribution in [0.2, 0.25) is 0 Å². The Kier molecular flexibility index (Phi) is 3.63. The summed E-state index contributed by atoms with van der Waals surface area (Å²) >= 11 is 0. The molecule has 1 aliphatic carbocycles. The summed E-state index contributed by atoms with van der Waals surface area (Å²) in [5.41, 5.74) is 2.67. The lowest BCUT2D eigenvalue weighted by atomic mass is 9.87. The Morgan fingerprint density at radius 2 is 2.21 bits per heavy atom. The van der Waals surface area contributed by atoms with Crippen LogP contribution in [-0.4, -0.2) is 28.4 Å². The number of hydrogen-bond acceptors (Lipinski definition) is 3. The van der Waals surface area contributed by atoms with Gasteiger partial charge in [0.2, 0.25) is 0 Å². The molecule has 1 aromatic rings. The predicted molar refractivity (Wildman–Crippen MR) is 78.1 cm³/mol. The molecule has 0 spiro atoms. The normalized spacial score (nSPS) is 34.0. The van der Waals surface area contributed by atoms with Crippen molar-refractivity contribution in [2.45, 2.75) is 42.7 Å². The van der Waals surface area contributed by atoms with Crippen LogP contribution in [0.25, 0.3) is 0 Å². The summed E-state index contributed by atoms with van der Waals surface area (Å²) in [6.45, 7) is 3.07. The minimum atomic E-state index is -0.727. The lowest BCUT2D eigenvalue weighted by molar-refractivity contribution is 0.411. The molecule has 1 aromatic carbocycles. The van der Waals surface area contributed by atoms with Crippen molar-refractivity contribution >= 4 is 10.8 Å². The number of methoxy groups -OCH3 is 1. The highest BCUT2D eigenvalue weighted by Gasteiger charge is 2.37. The van der Waals surface area contributed by atoms with Crippen molar-refractivity contribution in [1.29, 1.82) is 0 Å². The first-order chi connectivity index (χ1) is 9.20. The molecule has 0 radical (unpaired) electrons. The second-order valence-corrected chi connectivity index (χ2v) is 7.57. The fraction of sp³-hybridized carbons (Fsp3) is 0.600. The first kappa shape index (κ1) is 13.1. The molecule has 1 aliphatic heterocycles. The predicted octanol–water partition coefficient (Wildman–Crippen LogP) is 2.18. The van der Waals surface area contributed by atoms with Gasteiger partial charge in [-0.15, -0.1) is 0 Å². The van der Waals surface area contributed by atoms with Gasteiger partial charge in [-0.3, -0.25) is 4.21 Å². The zero-order valence-corrected chi connectivity index (χ0v) is 12.3. The maximum absolute atomic E-state index is 12.6. The first-order valence-corrected chi connectivity index (χ1v) is 8.28. The smallest absolute Gasteiger partial charge is 0.119 e. The van der Waals surface area contributed by atoms with Gasteiger partial charge in [-0.1, -0.05) is 13.0 Å². The lowest BCUT2D eigenvalue weighted by Gasteiger charge is -2.32. The fourth-order valence-corrected chi connectivity index (χ4v) is 5.05. The van der Waals surface area contributed by atoms with E-state index in [2.05, 4.69) is 24.4 Å². The van der Waals surface area contributed by atoms with Gasteiger partial charge in [-0.05, 0) is 49.1 Å². The molecule has 4 atom stereocenters. The maximum atomic E-state index is 12.6. The van der Waals surface area contributed by atoms with Crippen LogP contribution in [0, 0.1) is 0 Å². The molecule has 3 rings (SSSR count). The molecule has 3 nitrogen and oxygen atoms in total. The Morgan fingerprint density at radius 1 is 1.37 bits per heavy atom. The molecule has 4 unspecified atom stereocenters. The van der Waals surface area contributed by atoms with Gasteiger partial charge < -0.3 is 10.1 Å². The third-order valence-electron chi connectivity index (χ3n) is 4.37. The average molecular weight is 279 g/mol. The largest absolute Gasteiger partial charge is 0.497 e. The van der Waals surface area contributed by atoms with Crippen molar-refractivity contribution in [1.82, 2.24) is 5.32 Å². The number of hydrogen-bond donors (Lipinski definition) is 1. The second-order valence-electron chi connectivity index (χ2n) is 5.50. The molecule has 2 aliphatic rings. The highest BCUT2D eigenvalue weighted by molar-refractivity contribution is 7.86. The van der Waals surface area contributed by atoms with Crippen molar-refractivity contribution in [2.24, 2.45) is 0 Å². The first-order valence-electron chi connectivity index (χ1n) is 7.00. The van der Waals surface area contributed by atoms with Crippen LogP contribution in [0.3, 0.4) is 0 Å². The maximum Gasteiger partial charge on any atom is 0.119 e. The van der Waals surface area contributed by atoms with Gasteiger partial charge in [0.25, 0.3) is 0 Å². The van der Waals surface area contributed by atoms with Crippen molar-refractivity contribution in [3.05, 3.63) is 29.3 Å². The number of fused-ring (bicyclic) bond motifs is 3. The minimum Gasteiger partial charge on any atom is -0.497 e. The van der Waals surface area contributed by atoms with Crippen LogP contribution in [-0.2, 0) is 17.2 Å². The summed E-state index contributed by atoms with van der Waals surface area (Å²) in [5.74, 6) is 0.917. The number of nitrogens with one attached hydrogen (secondary N) is 1. The highest BCUT2D eigenvalue weighted by Crippen LogP contribution is 2.37. The standard InChI is InChI=1S/C15H21NO2S/c1-10-7-8-16-15-13-5-4-12(18-2)9-11(13)3-6-14(15)19(10)17/h4-5,9-10,14-16H,3,6-8H2,1-2H3. The molecule has 1 N–H and O–H groups in total. The molecule has 19 heavy (non-hydrogen) atoms. The fourth-order valence-electron chi connectivity index (χ4n) is 3.24. The second kappa shape index (κ2) is 5.25. The monoisotopic (exact) mass is 279 g/mol. The van der Waals surface area contributed by atoms with Gasteiger partial charge in [-0.25, -0.2) is 0 Å². The van der Waals surface area contributed by atoms with E-state index in [1.54, 1.807) is 7.11 Å². The zero-order valence-electron chi connectivity index (χ0n) is 11.5. The summed E-state index contributed by atoms with van der Waals surface area (Å²) in [6, 6.07) is 6.54. The number of rotatable bonds is 1. The Hall–Kier alpha value is -0.870. The Labute approximate surface area is 117 Å². The van der Waals surface area contributed by atoms with E-state index in [0.717, 1.165) is 31.6 Å². The van der Waals surface area contributed by atoms with E-state index < -0.39 is 10.8 Å². The molecular weight excluding hydrogens is 258 g/mol. The molecule has 4 heteroatoms. The van der Waals surface area contributed by atoms with E-state index in [4.69, 9.17) is 4.74 Å². The number of ether oxygens (including phenoxy) is 1. The van der Waals surface area contributed by atoms with Crippen molar-refractivity contribution in [3.8, 4) is 5.75 Å². The van der Waals surface area contributed by atoms with Gasteiger partial charge in [-0.2, -0.15) is 0 Å². The topological polar surface area (TPSA) is 38.3 Å². The van der Waals surface area contributed by atoms with Crippen LogP contribution in [0.1, 0.15) is 36.9 Å². The van der Waals surface area contributed by atoms with Gasteiger partial charge in [0.15, 0.2) is 0 Å². The molecule has 0 saturated carbocycles. The highest BCUT2D eigenvalue weighted by atomic mass is 32.2. The van der Waals surface area contributed by atoms with Crippen LogP contribution in [0.15, 0.2) is 18.2 Å². The molecule has 0 aromatic heterocycles. The van der Waals surface area contributed by atoms with E-state index in [1.165, 1.54) is 11.1 Å². The molecule has 1 saturated heterocycles. The van der Waals surface area contributed by atoms with Crippen molar-refractivity contribution in [2.75, 3.05) is 13.7 Å². The summed E-state index contributed by atoms with van der Waals surface area (Å²) in [4.78, 5) is 0. The summed E-state index contributed by atoms with van der Waals surface area (Å²) in [7, 11) is 0.975. The van der Waals surface area contributed by atoms with E-state index in [-0.39, 0.29) is 11.3 Å². The van der Waals surface area contributed by atoms with Gasteiger partial charge in [0.1, 0.15) is 5.75 Å². The number of aryl methyl sites for hydroxylation is 1. The van der Waals surface area contributed by atoms with Gasteiger partial charge >= 0.3 is 0 Å².